The van der Waals surface area contributed by atoms with Gasteiger partial charge in [-0.05, 0) is 46.1 Å². The topological polar surface area (TPSA) is 93.8 Å². The van der Waals surface area contributed by atoms with Crippen LogP contribution in [0.4, 0.5) is 19.3 Å². The van der Waals surface area contributed by atoms with Gasteiger partial charge < -0.3 is 4.74 Å². The number of non-ortho nitro benzene ring substituents is 1. The minimum atomic E-state index is -1.17. The third kappa shape index (κ3) is 4.68. The molecule has 1 fully saturated rings. The second-order valence-corrected chi connectivity index (χ2v) is 9.28. The molecule has 158 valence electrons. The maximum Gasteiger partial charge on any atom is 0.413 e. The molecule has 1 aromatic carbocycles. The lowest BCUT2D eigenvalue weighted by Gasteiger charge is -2.45. The SMILES string of the molecule is CC(C)(C)OC(=O)NC1=N[C@@]2(c3cc([N+](=O)[O-])ccc3F)CCC(F)C[C@H]2CS1. The van der Waals surface area contributed by atoms with E-state index in [1.807, 2.05) is 0 Å². The number of alkyl halides is 1. The largest absolute Gasteiger partial charge is 0.444 e. The number of carbonyl (C=O) groups excluding carboxylic acids is 1. The van der Waals surface area contributed by atoms with Gasteiger partial charge in [-0.2, -0.15) is 0 Å². The van der Waals surface area contributed by atoms with Crippen LogP contribution in [0.15, 0.2) is 23.2 Å². The highest BCUT2D eigenvalue weighted by Gasteiger charge is 2.49. The van der Waals surface area contributed by atoms with E-state index in [1.54, 1.807) is 20.8 Å². The van der Waals surface area contributed by atoms with Crippen LogP contribution >= 0.6 is 11.8 Å². The van der Waals surface area contributed by atoms with E-state index in [0.29, 0.717) is 5.75 Å². The molecule has 1 heterocycles. The van der Waals surface area contributed by atoms with E-state index in [2.05, 4.69) is 10.3 Å². The van der Waals surface area contributed by atoms with Gasteiger partial charge >= 0.3 is 6.09 Å². The first-order valence-electron chi connectivity index (χ1n) is 9.31. The molecule has 1 aliphatic heterocycles. The van der Waals surface area contributed by atoms with Crippen molar-refractivity contribution in [1.82, 2.24) is 5.32 Å². The number of hydrogen-bond donors (Lipinski definition) is 1. The summed E-state index contributed by atoms with van der Waals surface area (Å²) in [4.78, 5) is 27.4. The van der Waals surface area contributed by atoms with Crippen molar-refractivity contribution in [3.8, 4) is 0 Å². The summed E-state index contributed by atoms with van der Waals surface area (Å²) in [5.41, 5.74) is -2.07. The molecule has 10 heteroatoms. The Labute approximate surface area is 171 Å². The van der Waals surface area contributed by atoms with Crippen molar-refractivity contribution in [2.24, 2.45) is 10.9 Å². The minimum absolute atomic E-state index is 0.0624. The van der Waals surface area contributed by atoms with Gasteiger partial charge in [-0.25, -0.2) is 13.6 Å². The summed E-state index contributed by atoms with van der Waals surface area (Å²) in [5.74, 6) is -0.584. The van der Waals surface area contributed by atoms with Gasteiger partial charge in [-0.1, -0.05) is 11.8 Å². The first kappa shape index (κ1) is 21.5. The molecule has 0 aromatic heterocycles. The van der Waals surface area contributed by atoms with E-state index in [9.17, 15) is 23.7 Å². The molecule has 0 spiro atoms. The summed E-state index contributed by atoms with van der Waals surface area (Å²) in [6.45, 7) is 5.17. The Balaban J connectivity index is 2.02. The molecule has 2 aliphatic rings. The number of benzene rings is 1. The number of thioether (sulfide) groups is 1. The predicted octanol–water partition coefficient (Wildman–Crippen LogP) is 4.69. The van der Waals surface area contributed by atoms with Crippen molar-refractivity contribution in [2.45, 2.75) is 57.3 Å². The van der Waals surface area contributed by atoms with E-state index in [-0.39, 0.29) is 41.6 Å². The number of hydrogen-bond acceptors (Lipinski definition) is 6. The maximum absolute atomic E-state index is 14.8. The van der Waals surface area contributed by atoms with Crippen LogP contribution in [-0.2, 0) is 10.3 Å². The monoisotopic (exact) mass is 427 g/mol. The fourth-order valence-electron chi connectivity index (χ4n) is 3.78. The Morgan fingerprint density at radius 2 is 2.17 bits per heavy atom. The standard InChI is InChI=1S/C19H23F2N3O4S/c1-18(2,3)28-17(25)22-16-23-19(7-6-12(20)8-11(19)10-29-16)14-9-13(24(26)27)4-5-15(14)21/h4-5,9,11-12H,6-8,10H2,1-3H3,(H,22,23,25)/t11-,12?,19-/m0/s1. The number of carbonyl (C=O) groups is 1. The van der Waals surface area contributed by atoms with Gasteiger partial charge in [0.2, 0.25) is 0 Å². The van der Waals surface area contributed by atoms with Crippen molar-refractivity contribution in [3.63, 3.8) is 0 Å². The van der Waals surface area contributed by atoms with E-state index in [4.69, 9.17) is 4.74 Å². The molecule has 7 nitrogen and oxygen atoms in total. The molecule has 1 N–H and O–H groups in total. The van der Waals surface area contributed by atoms with E-state index in [1.165, 1.54) is 17.8 Å². The molecule has 0 bridgehead atoms. The van der Waals surface area contributed by atoms with E-state index in [0.717, 1.165) is 12.1 Å². The summed E-state index contributed by atoms with van der Waals surface area (Å²) in [6, 6.07) is 3.30. The number of nitrogens with zero attached hydrogens (tertiary/aromatic N) is 2. The summed E-state index contributed by atoms with van der Waals surface area (Å²) >= 11 is 1.23. The zero-order valence-corrected chi connectivity index (χ0v) is 17.2. The molecule has 3 rings (SSSR count). The fraction of sp³-hybridized carbons (Fsp3) is 0.579. The number of halogens is 2. The van der Waals surface area contributed by atoms with Crippen LogP contribution < -0.4 is 5.32 Å². The van der Waals surface area contributed by atoms with Crippen LogP contribution in [0.3, 0.4) is 0 Å². The van der Waals surface area contributed by atoms with Gasteiger partial charge in [0.1, 0.15) is 17.6 Å². The Morgan fingerprint density at radius 1 is 1.45 bits per heavy atom. The molecule has 1 amide bonds. The Kier molecular flexibility index (Phi) is 5.84. The molecule has 1 aliphatic carbocycles. The first-order chi connectivity index (χ1) is 13.5. The highest BCUT2D eigenvalue weighted by molar-refractivity contribution is 8.13. The Hall–Kier alpha value is -2.23. The fourth-order valence-corrected chi connectivity index (χ4v) is 4.93. The second kappa shape index (κ2) is 7.89. The van der Waals surface area contributed by atoms with Gasteiger partial charge in [-0.15, -0.1) is 0 Å². The molecule has 0 saturated heterocycles. The van der Waals surface area contributed by atoms with E-state index < -0.39 is 34.1 Å². The van der Waals surface area contributed by atoms with Gasteiger partial charge in [0.25, 0.3) is 5.69 Å². The third-order valence-electron chi connectivity index (χ3n) is 5.01. The van der Waals surface area contributed by atoms with Gasteiger partial charge in [-0.3, -0.25) is 20.4 Å². The lowest BCUT2D eigenvalue weighted by Crippen LogP contribution is -2.47. The predicted molar refractivity (Wildman–Crippen MR) is 106 cm³/mol. The number of nitro groups is 1. The smallest absolute Gasteiger partial charge is 0.413 e. The Bertz CT molecular complexity index is 858. The van der Waals surface area contributed by atoms with Crippen molar-refractivity contribution in [1.29, 1.82) is 0 Å². The highest BCUT2D eigenvalue weighted by atomic mass is 32.2. The minimum Gasteiger partial charge on any atom is -0.444 e. The van der Waals surface area contributed by atoms with Crippen molar-refractivity contribution in [3.05, 3.63) is 39.7 Å². The molecule has 1 aromatic rings. The zero-order chi connectivity index (χ0) is 21.4. The van der Waals surface area contributed by atoms with Crippen LogP contribution in [0.1, 0.15) is 45.6 Å². The number of aliphatic imine (C=N–C) groups is 1. The second-order valence-electron chi connectivity index (χ2n) is 8.27. The molecule has 29 heavy (non-hydrogen) atoms. The number of ether oxygens (including phenoxy) is 1. The lowest BCUT2D eigenvalue weighted by molar-refractivity contribution is -0.385. The summed E-state index contributed by atoms with van der Waals surface area (Å²) < 4.78 is 34.1. The van der Waals surface area contributed by atoms with Crippen molar-refractivity contribution < 1.29 is 23.2 Å². The first-order valence-corrected chi connectivity index (χ1v) is 10.3. The zero-order valence-electron chi connectivity index (χ0n) is 16.4. The van der Waals surface area contributed by atoms with E-state index >= 15 is 0 Å². The highest BCUT2D eigenvalue weighted by Crippen LogP contribution is 2.51. The maximum atomic E-state index is 14.8. The van der Waals surface area contributed by atoms with Crippen molar-refractivity contribution in [2.75, 3.05) is 5.75 Å². The number of amides is 1. The summed E-state index contributed by atoms with van der Waals surface area (Å²) in [5, 5.41) is 14.0. The number of rotatable bonds is 2. The van der Waals surface area contributed by atoms with Crippen molar-refractivity contribution >= 4 is 28.7 Å². The van der Waals surface area contributed by atoms with Gasteiger partial charge in [0.05, 0.1) is 10.5 Å². The number of nitrogens with one attached hydrogen (secondary N) is 1. The van der Waals surface area contributed by atoms with Crippen LogP contribution in [0.25, 0.3) is 0 Å². The summed E-state index contributed by atoms with van der Waals surface area (Å²) in [7, 11) is 0. The number of alkyl carbamates (subject to hydrolysis) is 1. The molecular weight excluding hydrogens is 404 g/mol. The normalized spacial score (nSPS) is 26.9. The van der Waals surface area contributed by atoms with Gasteiger partial charge in [0.15, 0.2) is 5.17 Å². The molecular formula is C19H23F2N3O4S. The van der Waals surface area contributed by atoms with Crippen LogP contribution in [-0.4, -0.2) is 33.7 Å². The average Bonchev–Trinajstić information content (AvgIpc) is 2.60. The molecule has 3 atom stereocenters. The molecule has 0 radical (unpaired) electrons. The number of amidine groups is 1. The Morgan fingerprint density at radius 3 is 2.83 bits per heavy atom. The number of nitro benzene ring substituents is 1. The average molecular weight is 427 g/mol. The quantitative estimate of drug-likeness (QED) is 0.546. The lowest BCUT2D eigenvalue weighted by atomic mass is 9.69. The molecule has 1 unspecified atom stereocenters. The van der Waals surface area contributed by atoms with Crippen LogP contribution in [0.5, 0.6) is 0 Å². The van der Waals surface area contributed by atoms with Crippen LogP contribution in [0, 0.1) is 21.8 Å². The van der Waals surface area contributed by atoms with Crippen LogP contribution in [0.2, 0.25) is 0 Å². The molecule has 1 saturated carbocycles. The summed E-state index contributed by atoms with van der Waals surface area (Å²) in [6.07, 6.45) is -1.20. The third-order valence-corrected chi connectivity index (χ3v) is 6.05. The number of fused-ring (bicyclic) bond motifs is 1. The van der Waals surface area contributed by atoms with Gasteiger partial charge in [0, 0.05) is 29.4 Å².